The first-order valence-electron chi connectivity index (χ1n) is 9.54. The summed E-state index contributed by atoms with van der Waals surface area (Å²) < 4.78 is 0. The molecule has 1 heteroatoms. The van der Waals surface area contributed by atoms with Crippen molar-refractivity contribution < 1.29 is 0 Å². The van der Waals surface area contributed by atoms with Crippen LogP contribution in [-0.2, 0) is 0 Å². The monoisotopic (exact) mass is 295 g/mol. The summed E-state index contributed by atoms with van der Waals surface area (Å²) in [7, 11) is 0. The molecular formula is C20H41N. The molecular weight excluding hydrogens is 254 g/mol. The van der Waals surface area contributed by atoms with Gasteiger partial charge in [-0.25, -0.2) is 0 Å². The van der Waals surface area contributed by atoms with Gasteiger partial charge >= 0.3 is 0 Å². The standard InChI is InChI=1S/C20H41N/c1-7-9-10-11-15-20(6,14-8-2)17-21(18-12-13-18)16-19(3,4)5/h18H,7-17H2,1-6H3. The van der Waals surface area contributed by atoms with Crippen LogP contribution in [0.15, 0.2) is 0 Å². The van der Waals surface area contributed by atoms with Crippen LogP contribution < -0.4 is 0 Å². The summed E-state index contributed by atoms with van der Waals surface area (Å²) in [6.07, 6.45) is 12.7. The van der Waals surface area contributed by atoms with Crippen molar-refractivity contribution in [3.05, 3.63) is 0 Å². The lowest BCUT2D eigenvalue weighted by molar-refractivity contribution is 0.101. The van der Waals surface area contributed by atoms with Gasteiger partial charge in [0.05, 0.1) is 0 Å². The van der Waals surface area contributed by atoms with Gasteiger partial charge < -0.3 is 0 Å². The van der Waals surface area contributed by atoms with Crippen molar-refractivity contribution >= 4 is 0 Å². The van der Waals surface area contributed by atoms with Crippen molar-refractivity contribution in [1.29, 1.82) is 0 Å². The topological polar surface area (TPSA) is 3.24 Å². The molecule has 0 amide bonds. The molecule has 0 heterocycles. The molecule has 126 valence electrons. The zero-order valence-electron chi connectivity index (χ0n) is 15.8. The lowest BCUT2D eigenvalue weighted by Crippen LogP contribution is -2.42. The molecule has 1 saturated carbocycles. The third-order valence-corrected chi connectivity index (χ3v) is 4.81. The molecule has 1 nitrogen and oxygen atoms in total. The molecule has 0 bridgehead atoms. The van der Waals surface area contributed by atoms with E-state index in [4.69, 9.17) is 0 Å². The Bertz CT molecular complexity index is 274. The van der Waals surface area contributed by atoms with E-state index in [1.807, 2.05) is 0 Å². The van der Waals surface area contributed by atoms with E-state index in [9.17, 15) is 0 Å². The molecule has 21 heavy (non-hydrogen) atoms. The average Bonchev–Trinajstić information content (AvgIpc) is 3.17. The van der Waals surface area contributed by atoms with Crippen molar-refractivity contribution in [3.63, 3.8) is 0 Å². The second kappa shape index (κ2) is 8.56. The average molecular weight is 296 g/mol. The first kappa shape index (κ1) is 19.0. The maximum Gasteiger partial charge on any atom is 0.00968 e. The predicted octanol–water partition coefficient (Wildman–Crippen LogP) is 6.27. The highest BCUT2D eigenvalue weighted by atomic mass is 15.2. The lowest BCUT2D eigenvalue weighted by atomic mass is 9.79. The van der Waals surface area contributed by atoms with Crippen LogP contribution in [0.3, 0.4) is 0 Å². The van der Waals surface area contributed by atoms with E-state index in [1.165, 1.54) is 70.9 Å². The molecule has 1 aliphatic carbocycles. The summed E-state index contributed by atoms with van der Waals surface area (Å²) in [5, 5.41) is 0. The van der Waals surface area contributed by atoms with E-state index < -0.39 is 0 Å². The van der Waals surface area contributed by atoms with Crippen molar-refractivity contribution in [2.75, 3.05) is 13.1 Å². The number of rotatable bonds is 11. The van der Waals surface area contributed by atoms with Crippen LogP contribution in [0.1, 0.15) is 99.3 Å². The van der Waals surface area contributed by atoms with Gasteiger partial charge in [0.25, 0.3) is 0 Å². The Hall–Kier alpha value is -0.0400. The summed E-state index contributed by atoms with van der Waals surface area (Å²) in [5.41, 5.74) is 0.967. The molecule has 1 unspecified atom stereocenters. The Morgan fingerprint density at radius 3 is 1.95 bits per heavy atom. The number of hydrogen-bond acceptors (Lipinski definition) is 1. The molecule has 0 aliphatic heterocycles. The fourth-order valence-corrected chi connectivity index (χ4v) is 3.72. The zero-order valence-corrected chi connectivity index (χ0v) is 15.8. The van der Waals surface area contributed by atoms with E-state index in [-0.39, 0.29) is 0 Å². The highest BCUT2D eigenvalue weighted by Crippen LogP contribution is 2.37. The molecule has 0 radical (unpaired) electrons. The molecule has 0 saturated heterocycles. The highest BCUT2D eigenvalue weighted by Gasteiger charge is 2.36. The quantitative estimate of drug-likeness (QED) is 0.406. The SMILES string of the molecule is CCCCCCC(C)(CCC)CN(CC(C)(C)C)C1CC1. The maximum absolute atomic E-state index is 2.83. The van der Waals surface area contributed by atoms with Crippen LogP contribution in [0, 0.1) is 10.8 Å². The minimum Gasteiger partial charge on any atom is -0.299 e. The first-order chi connectivity index (χ1) is 9.79. The van der Waals surface area contributed by atoms with Crippen LogP contribution in [0.25, 0.3) is 0 Å². The minimum absolute atomic E-state index is 0.428. The Balaban J connectivity index is 2.55. The summed E-state index contributed by atoms with van der Waals surface area (Å²) >= 11 is 0. The van der Waals surface area contributed by atoms with E-state index in [0.29, 0.717) is 10.8 Å². The smallest absolute Gasteiger partial charge is 0.00968 e. The van der Waals surface area contributed by atoms with E-state index >= 15 is 0 Å². The summed E-state index contributed by atoms with van der Waals surface area (Å²) in [4.78, 5) is 2.83. The third kappa shape index (κ3) is 8.24. The molecule has 1 fully saturated rings. The molecule has 0 aromatic carbocycles. The Morgan fingerprint density at radius 1 is 0.810 bits per heavy atom. The number of nitrogens with zero attached hydrogens (tertiary/aromatic N) is 1. The van der Waals surface area contributed by atoms with Gasteiger partial charge in [-0.05, 0) is 36.5 Å². The van der Waals surface area contributed by atoms with E-state index in [2.05, 4.69) is 46.4 Å². The van der Waals surface area contributed by atoms with Gasteiger partial charge in [0, 0.05) is 19.1 Å². The normalized spacial score (nSPS) is 19.0. The first-order valence-corrected chi connectivity index (χ1v) is 9.54. The van der Waals surface area contributed by atoms with Gasteiger partial charge in [-0.3, -0.25) is 4.90 Å². The van der Waals surface area contributed by atoms with Gasteiger partial charge in [-0.1, -0.05) is 73.6 Å². The van der Waals surface area contributed by atoms with Gasteiger partial charge in [0.15, 0.2) is 0 Å². The van der Waals surface area contributed by atoms with Crippen molar-refractivity contribution in [2.24, 2.45) is 10.8 Å². The molecule has 1 aliphatic rings. The molecule has 0 N–H and O–H groups in total. The van der Waals surface area contributed by atoms with Crippen LogP contribution >= 0.6 is 0 Å². The maximum atomic E-state index is 2.83. The minimum atomic E-state index is 0.428. The second-order valence-electron chi connectivity index (χ2n) is 9.07. The number of hydrogen-bond donors (Lipinski definition) is 0. The fourth-order valence-electron chi connectivity index (χ4n) is 3.72. The lowest BCUT2D eigenvalue weighted by Gasteiger charge is -2.39. The largest absolute Gasteiger partial charge is 0.299 e. The van der Waals surface area contributed by atoms with Gasteiger partial charge in [0.1, 0.15) is 0 Å². The third-order valence-electron chi connectivity index (χ3n) is 4.81. The summed E-state index contributed by atoms with van der Waals surface area (Å²) in [6.45, 7) is 17.0. The molecule has 0 spiro atoms. The Kier molecular flexibility index (Phi) is 7.74. The van der Waals surface area contributed by atoms with Crippen LogP contribution in [0.2, 0.25) is 0 Å². The van der Waals surface area contributed by atoms with Crippen LogP contribution in [0.5, 0.6) is 0 Å². The van der Waals surface area contributed by atoms with Crippen LogP contribution in [-0.4, -0.2) is 24.0 Å². The van der Waals surface area contributed by atoms with Gasteiger partial charge in [0.2, 0.25) is 0 Å². The zero-order chi connectivity index (χ0) is 15.9. The molecule has 1 atom stereocenters. The fraction of sp³-hybridized carbons (Fsp3) is 1.00. The molecule has 1 rings (SSSR count). The highest BCUT2D eigenvalue weighted by molar-refractivity contribution is 4.90. The van der Waals surface area contributed by atoms with Crippen molar-refractivity contribution in [2.45, 2.75) is 105 Å². The van der Waals surface area contributed by atoms with E-state index in [0.717, 1.165) is 6.04 Å². The Labute approximate surface area is 134 Å². The summed E-state index contributed by atoms with van der Waals surface area (Å²) in [6, 6.07) is 0.899. The second-order valence-corrected chi connectivity index (χ2v) is 9.07. The number of unbranched alkanes of at least 4 members (excludes halogenated alkanes) is 3. The Morgan fingerprint density at radius 2 is 1.48 bits per heavy atom. The molecule has 0 aromatic rings. The van der Waals surface area contributed by atoms with Gasteiger partial charge in [-0.15, -0.1) is 0 Å². The molecule has 0 aromatic heterocycles. The predicted molar refractivity (Wildman–Crippen MR) is 95.8 cm³/mol. The van der Waals surface area contributed by atoms with Crippen molar-refractivity contribution in [3.8, 4) is 0 Å². The van der Waals surface area contributed by atoms with Gasteiger partial charge in [-0.2, -0.15) is 0 Å². The summed E-state index contributed by atoms with van der Waals surface area (Å²) in [5.74, 6) is 0. The van der Waals surface area contributed by atoms with E-state index in [1.54, 1.807) is 0 Å². The van der Waals surface area contributed by atoms with Crippen LogP contribution in [0.4, 0.5) is 0 Å². The van der Waals surface area contributed by atoms with Crippen molar-refractivity contribution in [1.82, 2.24) is 4.90 Å².